The number of benzene rings is 2. The van der Waals surface area contributed by atoms with Crippen LogP contribution in [0.2, 0.25) is 5.02 Å². The number of ketones is 1. The van der Waals surface area contributed by atoms with Gasteiger partial charge in [-0.15, -0.1) is 0 Å². The van der Waals surface area contributed by atoms with E-state index >= 15 is 0 Å². The highest BCUT2D eigenvalue weighted by Crippen LogP contribution is 2.14. The fourth-order valence-corrected chi connectivity index (χ4v) is 2.18. The standard InChI is InChI=1S/C18H17ClO/c1-3-15-12-14(5-4-13(15)2)6-11-18(20)16-7-9-17(19)10-8-16/h4-12H,3H2,1-2H3/b11-6+. The summed E-state index contributed by atoms with van der Waals surface area (Å²) in [6.07, 6.45) is 4.46. The summed E-state index contributed by atoms with van der Waals surface area (Å²) >= 11 is 5.81. The third-order valence-electron chi connectivity index (χ3n) is 3.31. The Labute approximate surface area is 124 Å². The molecule has 2 rings (SSSR count). The molecule has 2 aromatic carbocycles. The van der Waals surface area contributed by atoms with Crippen LogP contribution in [0.1, 0.15) is 34.0 Å². The van der Waals surface area contributed by atoms with Gasteiger partial charge >= 0.3 is 0 Å². The lowest BCUT2D eigenvalue weighted by Crippen LogP contribution is -1.93. The fraction of sp³-hybridized carbons (Fsp3) is 0.167. The summed E-state index contributed by atoms with van der Waals surface area (Å²) < 4.78 is 0. The lowest BCUT2D eigenvalue weighted by molar-refractivity contribution is 0.104. The average molecular weight is 285 g/mol. The lowest BCUT2D eigenvalue weighted by atomic mass is 10.0. The van der Waals surface area contributed by atoms with Gasteiger partial charge < -0.3 is 0 Å². The van der Waals surface area contributed by atoms with Crippen LogP contribution in [0.3, 0.4) is 0 Å². The summed E-state index contributed by atoms with van der Waals surface area (Å²) in [6, 6.07) is 13.2. The van der Waals surface area contributed by atoms with E-state index in [-0.39, 0.29) is 5.78 Å². The van der Waals surface area contributed by atoms with Gasteiger partial charge in [-0.1, -0.05) is 42.8 Å². The summed E-state index contributed by atoms with van der Waals surface area (Å²) in [5.41, 5.74) is 4.29. The van der Waals surface area contributed by atoms with E-state index in [4.69, 9.17) is 11.6 Å². The van der Waals surface area contributed by atoms with Crippen molar-refractivity contribution in [2.75, 3.05) is 0 Å². The van der Waals surface area contributed by atoms with Crippen molar-refractivity contribution in [2.24, 2.45) is 0 Å². The smallest absolute Gasteiger partial charge is 0.185 e. The molecule has 102 valence electrons. The second kappa shape index (κ2) is 6.53. The molecule has 1 nitrogen and oxygen atoms in total. The van der Waals surface area contributed by atoms with Gasteiger partial charge in [-0.05, 0) is 60.4 Å². The molecule has 0 saturated carbocycles. The number of hydrogen-bond donors (Lipinski definition) is 0. The van der Waals surface area contributed by atoms with Crippen LogP contribution in [-0.2, 0) is 6.42 Å². The molecule has 0 unspecified atom stereocenters. The number of halogens is 1. The van der Waals surface area contributed by atoms with Crippen molar-refractivity contribution in [3.63, 3.8) is 0 Å². The largest absolute Gasteiger partial charge is 0.289 e. The van der Waals surface area contributed by atoms with Crippen molar-refractivity contribution < 1.29 is 4.79 Å². The zero-order valence-electron chi connectivity index (χ0n) is 11.7. The minimum absolute atomic E-state index is 0.0136. The summed E-state index contributed by atoms with van der Waals surface area (Å²) in [6.45, 7) is 4.24. The van der Waals surface area contributed by atoms with E-state index in [1.165, 1.54) is 11.1 Å². The van der Waals surface area contributed by atoms with E-state index in [0.29, 0.717) is 10.6 Å². The average Bonchev–Trinajstić information content (AvgIpc) is 2.46. The minimum atomic E-state index is -0.0136. The summed E-state index contributed by atoms with van der Waals surface area (Å²) in [7, 11) is 0. The molecule has 0 fully saturated rings. The van der Waals surface area contributed by atoms with Crippen LogP contribution >= 0.6 is 11.6 Å². The van der Waals surface area contributed by atoms with Gasteiger partial charge in [0.05, 0.1) is 0 Å². The molecule has 2 aromatic rings. The van der Waals surface area contributed by atoms with Crippen LogP contribution < -0.4 is 0 Å². The molecule has 0 aromatic heterocycles. The third-order valence-corrected chi connectivity index (χ3v) is 3.56. The van der Waals surface area contributed by atoms with Crippen molar-refractivity contribution in [3.05, 3.63) is 75.8 Å². The highest BCUT2D eigenvalue weighted by Gasteiger charge is 2.01. The Balaban J connectivity index is 2.16. The first-order chi connectivity index (χ1) is 9.60. The monoisotopic (exact) mass is 284 g/mol. The number of carbonyl (C=O) groups is 1. The van der Waals surface area contributed by atoms with E-state index in [0.717, 1.165) is 12.0 Å². The molecule has 0 amide bonds. The van der Waals surface area contributed by atoms with Crippen LogP contribution in [-0.4, -0.2) is 5.78 Å². The van der Waals surface area contributed by atoms with Crippen molar-refractivity contribution >= 4 is 23.5 Å². The molecule has 0 spiro atoms. The highest BCUT2D eigenvalue weighted by atomic mass is 35.5. The van der Waals surface area contributed by atoms with Gasteiger partial charge in [-0.3, -0.25) is 4.79 Å². The molecule has 0 saturated heterocycles. The Morgan fingerprint density at radius 1 is 1.15 bits per heavy atom. The Morgan fingerprint density at radius 3 is 2.50 bits per heavy atom. The lowest BCUT2D eigenvalue weighted by Gasteiger charge is -2.03. The van der Waals surface area contributed by atoms with E-state index in [1.807, 2.05) is 12.1 Å². The predicted molar refractivity (Wildman–Crippen MR) is 85.4 cm³/mol. The van der Waals surface area contributed by atoms with E-state index in [2.05, 4.69) is 26.0 Å². The molecule has 20 heavy (non-hydrogen) atoms. The predicted octanol–water partition coefficient (Wildman–Crippen LogP) is 5.11. The number of hydrogen-bond acceptors (Lipinski definition) is 1. The molecule has 0 aliphatic heterocycles. The van der Waals surface area contributed by atoms with Gasteiger partial charge in [0.25, 0.3) is 0 Å². The molecule has 0 radical (unpaired) electrons. The molecule has 0 bridgehead atoms. The van der Waals surface area contributed by atoms with Gasteiger partial charge in [-0.25, -0.2) is 0 Å². The zero-order valence-corrected chi connectivity index (χ0v) is 12.4. The van der Waals surface area contributed by atoms with Gasteiger partial charge in [0.15, 0.2) is 5.78 Å². The van der Waals surface area contributed by atoms with Crippen LogP contribution in [0.5, 0.6) is 0 Å². The normalized spacial score (nSPS) is 10.9. The van der Waals surface area contributed by atoms with Gasteiger partial charge in [0, 0.05) is 10.6 Å². The van der Waals surface area contributed by atoms with Crippen LogP contribution in [0.4, 0.5) is 0 Å². The van der Waals surface area contributed by atoms with E-state index < -0.39 is 0 Å². The quantitative estimate of drug-likeness (QED) is 0.563. The molecule has 0 heterocycles. The molecule has 2 heteroatoms. The second-order valence-electron chi connectivity index (χ2n) is 4.74. The summed E-state index contributed by atoms with van der Waals surface area (Å²) in [4.78, 5) is 12.0. The Morgan fingerprint density at radius 2 is 1.85 bits per heavy atom. The van der Waals surface area contributed by atoms with E-state index in [9.17, 15) is 4.79 Å². The SMILES string of the molecule is CCc1cc(/C=C/C(=O)c2ccc(Cl)cc2)ccc1C. The maximum atomic E-state index is 12.0. The second-order valence-corrected chi connectivity index (χ2v) is 5.18. The Kier molecular flexibility index (Phi) is 4.75. The van der Waals surface area contributed by atoms with Crippen molar-refractivity contribution in [1.29, 1.82) is 0 Å². The maximum Gasteiger partial charge on any atom is 0.185 e. The fourth-order valence-electron chi connectivity index (χ4n) is 2.06. The summed E-state index contributed by atoms with van der Waals surface area (Å²) in [5, 5.41) is 0.636. The van der Waals surface area contributed by atoms with Gasteiger partial charge in [0.2, 0.25) is 0 Å². The number of allylic oxidation sites excluding steroid dienone is 1. The first-order valence-corrected chi connectivity index (χ1v) is 7.05. The molecule has 0 aliphatic rings. The number of rotatable bonds is 4. The van der Waals surface area contributed by atoms with Gasteiger partial charge in [-0.2, -0.15) is 0 Å². The zero-order chi connectivity index (χ0) is 14.5. The van der Waals surface area contributed by atoms with E-state index in [1.54, 1.807) is 30.3 Å². The van der Waals surface area contributed by atoms with Crippen LogP contribution in [0, 0.1) is 6.92 Å². The molecular formula is C18H17ClO. The Hall–Kier alpha value is -1.86. The molecular weight excluding hydrogens is 268 g/mol. The van der Waals surface area contributed by atoms with Crippen molar-refractivity contribution in [3.8, 4) is 0 Å². The van der Waals surface area contributed by atoms with Crippen molar-refractivity contribution in [2.45, 2.75) is 20.3 Å². The highest BCUT2D eigenvalue weighted by molar-refractivity contribution is 6.30. The molecule has 0 N–H and O–H groups in total. The number of carbonyl (C=O) groups excluding carboxylic acids is 1. The topological polar surface area (TPSA) is 17.1 Å². The molecule has 0 aliphatic carbocycles. The third kappa shape index (κ3) is 3.58. The van der Waals surface area contributed by atoms with Crippen molar-refractivity contribution in [1.82, 2.24) is 0 Å². The Bertz CT molecular complexity index is 639. The maximum absolute atomic E-state index is 12.0. The summed E-state index contributed by atoms with van der Waals surface area (Å²) in [5.74, 6) is -0.0136. The van der Waals surface area contributed by atoms with Crippen LogP contribution in [0.25, 0.3) is 6.08 Å². The first-order valence-electron chi connectivity index (χ1n) is 6.67. The molecule has 0 atom stereocenters. The van der Waals surface area contributed by atoms with Gasteiger partial charge in [0.1, 0.15) is 0 Å². The number of aryl methyl sites for hydroxylation is 2. The van der Waals surface area contributed by atoms with Crippen LogP contribution in [0.15, 0.2) is 48.5 Å². The first kappa shape index (κ1) is 14.5. The minimum Gasteiger partial charge on any atom is -0.289 e.